The molecular weight excluding hydrogens is 420 g/mol. The highest BCUT2D eigenvalue weighted by Gasteiger charge is 2.28. The summed E-state index contributed by atoms with van der Waals surface area (Å²) in [7, 11) is 0. The summed E-state index contributed by atoms with van der Waals surface area (Å²) in [4.78, 5) is 11.7. The smallest absolute Gasteiger partial charge is 0.303 e. The first-order valence-corrected chi connectivity index (χ1v) is 14.0. The summed E-state index contributed by atoms with van der Waals surface area (Å²) in [5, 5.41) is 20.6. The zero-order valence-electron chi connectivity index (χ0n) is 23.4. The Morgan fingerprint density at radius 3 is 1.47 bits per heavy atom. The second-order valence-corrected chi connectivity index (χ2v) is 12.4. The average Bonchev–Trinajstić information content (AvgIpc) is 2.72. The minimum Gasteiger partial charge on any atom is -0.507 e. The van der Waals surface area contributed by atoms with Crippen molar-refractivity contribution in [2.24, 2.45) is 0 Å². The number of carboxylic acid groups (broad SMARTS) is 1. The van der Waals surface area contributed by atoms with Crippen molar-refractivity contribution in [3.63, 3.8) is 0 Å². The maximum atomic E-state index is 11.7. The van der Waals surface area contributed by atoms with E-state index in [0.717, 1.165) is 29.5 Å². The van der Waals surface area contributed by atoms with Crippen molar-refractivity contribution in [2.75, 3.05) is 0 Å². The zero-order chi connectivity index (χ0) is 25.8. The van der Waals surface area contributed by atoms with Gasteiger partial charge in [0, 0.05) is 0 Å². The third kappa shape index (κ3) is 11.3. The fourth-order valence-electron chi connectivity index (χ4n) is 4.87. The number of carbonyl (C=O) groups is 1. The number of hydrogen-bond acceptors (Lipinski definition) is 2. The minimum atomic E-state index is -0.744. The summed E-state index contributed by atoms with van der Waals surface area (Å²) in [5.74, 6) is -0.391. The molecule has 0 saturated carbocycles. The van der Waals surface area contributed by atoms with Gasteiger partial charge in [-0.2, -0.15) is 0 Å². The Kier molecular flexibility index (Phi) is 13.3. The summed E-state index contributed by atoms with van der Waals surface area (Å²) >= 11 is 0. The van der Waals surface area contributed by atoms with Gasteiger partial charge in [-0.1, -0.05) is 138 Å². The molecule has 0 heterocycles. The third-order valence-corrected chi connectivity index (χ3v) is 7.05. The van der Waals surface area contributed by atoms with Gasteiger partial charge in [-0.15, -0.1) is 0 Å². The molecule has 0 amide bonds. The van der Waals surface area contributed by atoms with Crippen molar-refractivity contribution in [3.05, 3.63) is 28.8 Å². The third-order valence-electron chi connectivity index (χ3n) is 7.05. The molecule has 0 aliphatic carbocycles. The highest BCUT2D eigenvalue weighted by molar-refractivity contribution is 5.68. The van der Waals surface area contributed by atoms with Crippen LogP contribution in [0.2, 0.25) is 0 Å². The van der Waals surface area contributed by atoms with Crippen LogP contribution in [-0.2, 0) is 15.6 Å². The molecule has 3 nitrogen and oxygen atoms in total. The van der Waals surface area contributed by atoms with Gasteiger partial charge >= 0.3 is 5.97 Å². The molecule has 3 heteroatoms. The number of rotatable bonds is 16. The molecule has 0 saturated heterocycles. The number of carboxylic acids is 1. The summed E-state index contributed by atoms with van der Waals surface area (Å²) in [6.07, 6.45) is 16.7. The molecule has 0 aliphatic heterocycles. The van der Waals surface area contributed by atoms with Gasteiger partial charge in [0.1, 0.15) is 5.75 Å². The summed E-state index contributed by atoms with van der Waals surface area (Å²) < 4.78 is 0. The Morgan fingerprint density at radius 1 is 0.735 bits per heavy atom. The van der Waals surface area contributed by atoms with Crippen molar-refractivity contribution in [1.82, 2.24) is 0 Å². The molecule has 0 spiro atoms. The highest BCUT2D eigenvalue weighted by atomic mass is 16.4. The van der Waals surface area contributed by atoms with Gasteiger partial charge in [-0.3, -0.25) is 4.79 Å². The van der Waals surface area contributed by atoms with Crippen LogP contribution >= 0.6 is 0 Å². The van der Waals surface area contributed by atoms with E-state index in [-0.39, 0.29) is 23.2 Å². The van der Waals surface area contributed by atoms with Crippen LogP contribution in [0.25, 0.3) is 0 Å². The molecule has 0 bridgehead atoms. The van der Waals surface area contributed by atoms with Crippen molar-refractivity contribution in [1.29, 1.82) is 0 Å². The number of phenols is 1. The molecule has 0 fully saturated rings. The zero-order valence-corrected chi connectivity index (χ0v) is 23.4. The lowest BCUT2D eigenvalue weighted by molar-refractivity contribution is -0.137. The van der Waals surface area contributed by atoms with E-state index < -0.39 is 5.97 Å². The molecule has 1 aromatic rings. The van der Waals surface area contributed by atoms with Gasteiger partial charge in [-0.05, 0) is 39.9 Å². The summed E-state index contributed by atoms with van der Waals surface area (Å²) in [6, 6.07) is 4.14. The molecule has 1 aromatic carbocycles. The van der Waals surface area contributed by atoms with E-state index >= 15 is 0 Å². The monoisotopic (exact) mass is 474 g/mol. The fraction of sp³-hybridized carbons (Fsp3) is 0.774. The molecule has 1 atom stereocenters. The number of aliphatic carboxylic acids is 1. The predicted octanol–water partition coefficient (Wildman–Crippen LogP) is 9.64. The van der Waals surface area contributed by atoms with Gasteiger partial charge in [-0.25, -0.2) is 0 Å². The van der Waals surface area contributed by atoms with E-state index in [4.69, 9.17) is 0 Å². The Balaban J connectivity index is 2.69. The van der Waals surface area contributed by atoms with Crippen LogP contribution in [0.5, 0.6) is 5.75 Å². The topological polar surface area (TPSA) is 57.5 Å². The first kappa shape index (κ1) is 30.5. The number of benzene rings is 1. The van der Waals surface area contributed by atoms with Gasteiger partial charge < -0.3 is 10.2 Å². The van der Waals surface area contributed by atoms with E-state index in [1.165, 1.54) is 70.6 Å². The van der Waals surface area contributed by atoms with E-state index in [2.05, 4.69) is 60.6 Å². The Morgan fingerprint density at radius 2 is 1.12 bits per heavy atom. The Labute approximate surface area is 210 Å². The molecule has 0 radical (unpaired) electrons. The first-order chi connectivity index (χ1) is 15.9. The largest absolute Gasteiger partial charge is 0.507 e. The summed E-state index contributed by atoms with van der Waals surface area (Å²) in [6.45, 7) is 14.9. The lowest BCUT2D eigenvalue weighted by atomic mass is 9.76. The Hall–Kier alpha value is -1.51. The molecule has 1 rings (SSSR count). The predicted molar refractivity (Wildman–Crippen MR) is 146 cm³/mol. The van der Waals surface area contributed by atoms with Crippen LogP contribution in [0.15, 0.2) is 12.1 Å². The van der Waals surface area contributed by atoms with Crippen molar-refractivity contribution in [2.45, 2.75) is 155 Å². The van der Waals surface area contributed by atoms with Gasteiger partial charge in [0.05, 0.1) is 6.42 Å². The Bertz CT molecular complexity index is 686. The van der Waals surface area contributed by atoms with Crippen LogP contribution in [0.1, 0.15) is 161 Å². The van der Waals surface area contributed by atoms with E-state index in [1.807, 2.05) is 0 Å². The van der Waals surface area contributed by atoms with E-state index in [0.29, 0.717) is 5.75 Å². The van der Waals surface area contributed by atoms with Crippen molar-refractivity contribution < 1.29 is 15.0 Å². The van der Waals surface area contributed by atoms with Gasteiger partial charge in [0.25, 0.3) is 0 Å². The maximum absolute atomic E-state index is 11.7. The lowest BCUT2D eigenvalue weighted by Crippen LogP contribution is -2.19. The second-order valence-electron chi connectivity index (χ2n) is 12.4. The average molecular weight is 475 g/mol. The molecule has 196 valence electrons. The molecule has 0 aliphatic rings. The van der Waals surface area contributed by atoms with Crippen molar-refractivity contribution >= 4 is 5.97 Å². The molecule has 0 aromatic heterocycles. The highest BCUT2D eigenvalue weighted by Crippen LogP contribution is 2.42. The second kappa shape index (κ2) is 14.8. The van der Waals surface area contributed by atoms with Crippen LogP contribution in [0.3, 0.4) is 0 Å². The van der Waals surface area contributed by atoms with Crippen LogP contribution in [0, 0.1) is 0 Å². The van der Waals surface area contributed by atoms with Gasteiger partial charge in [0.15, 0.2) is 0 Å². The minimum absolute atomic E-state index is 0.0107. The number of aromatic hydroxyl groups is 1. The van der Waals surface area contributed by atoms with Crippen LogP contribution in [-0.4, -0.2) is 16.2 Å². The maximum Gasteiger partial charge on any atom is 0.303 e. The molecule has 1 unspecified atom stereocenters. The summed E-state index contributed by atoms with van der Waals surface area (Å²) in [5.41, 5.74) is 2.49. The van der Waals surface area contributed by atoms with Crippen LogP contribution in [0.4, 0.5) is 0 Å². The molecule has 34 heavy (non-hydrogen) atoms. The SMILES string of the molecule is CCCCCCCCCCCCCCC(CC(=O)O)c1cc(C(C)(C)C)c(O)c(C(C)(C)C)c1. The molecular formula is C31H54O3. The van der Waals surface area contributed by atoms with Crippen molar-refractivity contribution in [3.8, 4) is 5.75 Å². The fourth-order valence-corrected chi connectivity index (χ4v) is 4.87. The standard InChI is InChI=1S/C31H54O3/c1-8-9-10-11-12-13-14-15-16-17-18-19-20-24(23-28(32)33)25-21-26(30(2,3)4)29(34)27(22-25)31(5,6)7/h21-22,24,34H,8-20,23H2,1-7H3,(H,32,33). The number of phenolic OH excluding ortho intramolecular Hbond substituents is 1. The van der Waals surface area contributed by atoms with Crippen LogP contribution < -0.4 is 0 Å². The number of unbranched alkanes of at least 4 members (excludes halogenated alkanes) is 11. The lowest BCUT2D eigenvalue weighted by Gasteiger charge is -2.30. The quantitative estimate of drug-likeness (QED) is 0.234. The number of hydrogen-bond donors (Lipinski definition) is 2. The first-order valence-electron chi connectivity index (χ1n) is 14.0. The van der Waals surface area contributed by atoms with Gasteiger partial charge in [0.2, 0.25) is 0 Å². The normalized spacial score (nSPS) is 13.3. The van der Waals surface area contributed by atoms with E-state index in [1.54, 1.807) is 0 Å². The molecule has 2 N–H and O–H groups in total. The van der Waals surface area contributed by atoms with E-state index in [9.17, 15) is 15.0 Å².